The number of ether oxygens (including phenoxy) is 1. The highest BCUT2D eigenvalue weighted by Crippen LogP contribution is 2.38. The minimum absolute atomic E-state index is 0.0825. The highest BCUT2D eigenvalue weighted by Gasteiger charge is 2.63. The normalized spacial score (nSPS) is 26.6. The standard InChI is InChI=1S/C14H12BrN3O4/c1-14-9(10(16-17-14)12(20)22-2)11(19)18(13(14)21)8-5-3-4-7(15)6-8/h3-6,9,17H,1-2H3/t9-,14+/m1/s1. The summed E-state index contributed by atoms with van der Waals surface area (Å²) in [5, 5.41) is 3.82. The molecule has 0 aliphatic carbocycles. The van der Waals surface area contributed by atoms with Crippen molar-refractivity contribution < 1.29 is 19.1 Å². The fourth-order valence-corrected chi connectivity index (χ4v) is 3.09. The van der Waals surface area contributed by atoms with Gasteiger partial charge in [-0.3, -0.25) is 15.0 Å². The number of carbonyl (C=O) groups excluding carboxylic acids is 3. The average molecular weight is 366 g/mol. The Balaban J connectivity index is 2.05. The van der Waals surface area contributed by atoms with E-state index in [1.807, 2.05) is 0 Å². The number of nitrogens with zero attached hydrogens (tertiary/aromatic N) is 2. The molecule has 2 amide bonds. The number of imide groups is 1. The number of nitrogens with one attached hydrogen (secondary N) is 1. The van der Waals surface area contributed by atoms with Gasteiger partial charge in [-0.05, 0) is 25.1 Å². The summed E-state index contributed by atoms with van der Waals surface area (Å²) in [5.74, 6) is -2.67. The Morgan fingerprint density at radius 2 is 2.18 bits per heavy atom. The molecular weight excluding hydrogens is 354 g/mol. The van der Waals surface area contributed by atoms with Crippen LogP contribution < -0.4 is 10.3 Å². The molecule has 2 aliphatic rings. The van der Waals surface area contributed by atoms with E-state index in [2.05, 4.69) is 31.2 Å². The third-order valence-corrected chi connectivity index (χ3v) is 4.33. The molecule has 1 saturated heterocycles. The van der Waals surface area contributed by atoms with Crippen molar-refractivity contribution in [3.05, 3.63) is 28.7 Å². The molecule has 114 valence electrons. The minimum atomic E-state index is -1.27. The average Bonchev–Trinajstić information content (AvgIpc) is 2.93. The zero-order valence-corrected chi connectivity index (χ0v) is 13.4. The van der Waals surface area contributed by atoms with Crippen LogP contribution >= 0.6 is 15.9 Å². The lowest BCUT2D eigenvalue weighted by atomic mass is 9.86. The molecule has 1 aromatic rings. The van der Waals surface area contributed by atoms with E-state index in [4.69, 9.17) is 0 Å². The number of halogens is 1. The number of methoxy groups -OCH3 is 1. The lowest BCUT2D eigenvalue weighted by Gasteiger charge is -2.20. The van der Waals surface area contributed by atoms with E-state index in [9.17, 15) is 14.4 Å². The van der Waals surface area contributed by atoms with Gasteiger partial charge in [-0.15, -0.1) is 0 Å². The van der Waals surface area contributed by atoms with Crippen molar-refractivity contribution in [2.45, 2.75) is 12.5 Å². The summed E-state index contributed by atoms with van der Waals surface area (Å²) < 4.78 is 5.37. The van der Waals surface area contributed by atoms with Gasteiger partial charge >= 0.3 is 5.97 Å². The summed E-state index contributed by atoms with van der Waals surface area (Å²) in [6.07, 6.45) is 0. The van der Waals surface area contributed by atoms with Gasteiger partial charge in [0.15, 0.2) is 5.71 Å². The van der Waals surface area contributed by atoms with Gasteiger partial charge in [0.25, 0.3) is 5.91 Å². The van der Waals surface area contributed by atoms with Crippen LogP contribution in [0.15, 0.2) is 33.8 Å². The van der Waals surface area contributed by atoms with Crippen LogP contribution in [0.5, 0.6) is 0 Å². The van der Waals surface area contributed by atoms with E-state index in [0.29, 0.717) is 5.69 Å². The van der Waals surface area contributed by atoms with Crippen LogP contribution in [0, 0.1) is 5.92 Å². The Morgan fingerprint density at radius 1 is 1.45 bits per heavy atom. The molecule has 0 radical (unpaired) electrons. The van der Waals surface area contributed by atoms with Gasteiger partial charge in [-0.25, -0.2) is 9.69 Å². The topological polar surface area (TPSA) is 88.1 Å². The first-order chi connectivity index (χ1) is 10.4. The molecule has 1 N–H and O–H groups in total. The molecule has 3 rings (SSSR count). The largest absolute Gasteiger partial charge is 0.464 e. The first-order valence-electron chi connectivity index (χ1n) is 6.47. The third kappa shape index (κ3) is 1.87. The second-order valence-electron chi connectivity index (χ2n) is 5.19. The number of rotatable bonds is 2. The summed E-state index contributed by atoms with van der Waals surface area (Å²) in [7, 11) is 1.20. The monoisotopic (exact) mass is 365 g/mol. The van der Waals surface area contributed by atoms with Crippen molar-refractivity contribution in [3.8, 4) is 0 Å². The van der Waals surface area contributed by atoms with Crippen LogP contribution in [0.3, 0.4) is 0 Å². The van der Waals surface area contributed by atoms with Gasteiger partial charge in [-0.1, -0.05) is 22.0 Å². The van der Waals surface area contributed by atoms with E-state index in [0.717, 1.165) is 9.37 Å². The fraction of sp³-hybridized carbons (Fsp3) is 0.286. The SMILES string of the molecule is COC(=O)C1=NN[C@]2(C)C(=O)N(c3cccc(Br)c3)C(=O)[C@@H]12. The number of benzene rings is 1. The molecule has 22 heavy (non-hydrogen) atoms. The molecule has 0 bridgehead atoms. The molecule has 0 aromatic heterocycles. The summed E-state index contributed by atoms with van der Waals surface area (Å²) in [5.41, 5.74) is 1.70. The third-order valence-electron chi connectivity index (χ3n) is 3.84. The van der Waals surface area contributed by atoms with Crippen molar-refractivity contribution >= 4 is 45.1 Å². The maximum atomic E-state index is 12.7. The molecule has 2 atom stereocenters. The zero-order chi connectivity index (χ0) is 16.1. The molecule has 7 nitrogen and oxygen atoms in total. The van der Waals surface area contributed by atoms with Crippen LogP contribution in [0.4, 0.5) is 5.69 Å². The predicted octanol–water partition coefficient (Wildman–Crippen LogP) is 0.829. The molecule has 8 heteroatoms. The minimum Gasteiger partial charge on any atom is -0.464 e. The quantitative estimate of drug-likeness (QED) is 0.619. The summed E-state index contributed by atoms with van der Waals surface area (Å²) >= 11 is 3.31. The Hall–Kier alpha value is -2.22. The van der Waals surface area contributed by atoms with Gasteiger partial charge in [0.1, 0.15) is 11.5 Å². The van der Waals surface area contributed by atoms with E-state index in [-0.39, 0.29) is 5.71 Å². The number of amides is 2. The first kappa shape index (κ1) is 14.7. The Morgan fingerprint density at radius 3 is 2.82 bits per heavy atom. The van der Waals surface area contributed by atoms with Crippen LogP contribution in [0.1, 0.15) is 6.92 Å². The maximum Gasteiger partial charge on any atom is 0.355 e. The second-order valence-corrected chi connectivity index (χ2v) is 6.11. The fourth-order valence-electron chi connectivity index (χ4n) is 2.70. The molecule has 1 fully saturated rings. The predicted molar refractivity (Wildman–Crippen MR) is 81.1 cm³/mol. The molecule has 0 saturated carbocycles. The Kier molecular flexibility index (Phi) is 3.28. The van der Waals surface area contributed by atoms with Crippen LogP contribution in [-0.4, -0.2) is 36.1 Å². The summed E-state index contributed by atoms with van der Waals surface area (Å²) in [6, 6.07) is 6.82. The van der Waals surface area contributed by atoms with Crippen LogP contribution in [-0.2, 0) is 19.1 Å². The summed E-state index contributed by atoms with van der Waals surface area (Å²) in [4.78, 5) is 38.2. The second kappa shape index (κ2) is 4.91. The summed E-state index contributed by atoms with van der Waals surface area (Å²) in [6.45, 7) is 1.55. The van der Waals surface area contributed by atoms with Crippen LogP contribution in [0.25, 0.3) is 0 Å². The van der Waals surface area contributed by atoms with Gasteiger partial charge in [-0.2, -0.15) is 5.10 Å². The number of hydrazone groups is 1. The van der Waals surface area contributed by atoms with Crippen LogP contribution in [0.2, 0.25) is 0 Å². The number of hydrogen-bond donors (Lipinski definition) is 1. The van der Waals surface area contributed by atoms with E-state index >= 15 is 0 Å². The number of anilines is 1. The van der Waals surface area contributed by atoms with Gasteiger partial charge in [0, 0.05) is 4.47 Å². The number of fused-ring (bicyclic) bond motifs is 1. The zero-order valence-electron chi connectivity index (χ0n) is 11.8. The first-order valence-corrected chi connectivity index (χ1v) is 7.26. The van der Waals surface area contributed by atoms with Crippen molar-refractivity contribution in [2.75, 3.05) is 12.0 Å². The van der Waals surface area contributed by atoms with Crippen molar-refractivity contribution in [1.82, 2.24) is 5.43 Å². The number of esters is 1. The number of hydrogen-bond acceptors (Lipinski definition) is 6. The van der Waals surface area contributed by atoms with E-state index in [1.165, 1.54) is 7.11 Å². The molecule has 0 spiro atoms. The maximum absolute atomic E-state index is 12.7. The lowest BCUT2D eigenvalue weighted by molar-refractivity contribution is -0.133. The number of carbonyl (C=O) groups is 3. The molecule has 2 heterocycles. The van der Waals surface area contributed by atoms with Crippen molar-refractivity contribution in [1.29, 1.82) is 0 Å². The van der Waals surface area contributed by atoms with Crippen molar-refractivity contribution in [2.24, 2.45) is 11.0 Å². The van der Waals surface area contributed by atoms with Gasteiger partial charge in [0.2, 0.25) is 5.91 Å². The smallest absolute Gasteiger partial charge is 0.355 e. The lowest BCUT2D eigenvalue weighted by Crippen LogP contribution is -2.48. The molecule has 1 aromatic carbocycles. The van der Waals surface area contributed by atoms with E-state index < -0.39 is 29.2 Å². The van der Waals surface area contributed by atoms with Gasteiger partial charge < -0.3 is 4.74 Å². The Labute approximate surface area is 134 Å². The highest BCUT2D eigenvalue weighted by atomic mass is 79.9. The highest BCUT2D eigenvalue weighted by molar-refractivity contribution is 9.10. The van der Waals surface area contributed by atoms with E-state index in [1.54, 1.807) is 31.2 Å². The van der Waals surface area contributed by atoms with Gasteiger partial charge in [0.05, 0.1) is 12.8 Å². The molecular formula is C14H12BrN3O4. The molecule has 0 unspecified atom stereocenters. The van der Waals surface area contributed by atoms with Crippen molar-refractivity contribution in [3.63, 3.8) is 0 Å². The Bertz CT molecular complexity index is 733. The molecule has 2 aliphatic heterocycles.